The molecular weight excluding hydrogens is 422 g/mol. The number of benzene rings is 1. The fourth-order valence-electron chi connectivity index (χ4n) is 3.64. The normalized spacial score (nSPS) is 10.7. The summed E-state index contributed by atoms with van der Waals surface area (Å²) in [4.78, 5) is 33.3. The number of ether oxygens (including phenoxy) is 1. The number of hydrogen-bond donors (Lipinski definition) is 3. The van der Waals surface area contributed by atoms with Crippen molar-refractivity contribution < 1.29 is 29.3 Å². The van der Waals surface area contributed by atoms with Crippen LogP contribution in [0.15, 0.2) is 24.3 Å². The van der Waals surface area contributed by atoms with Gasteiger partial charge in [0.05, 0.1) is 12.3 Å². The molecule has 1 aromatic rings. The number of unbranched alkanes of at least 4 members (excludes halogenated alkanes) is 11. The molecule has 3 N–H and O–H groups in total. The van der Waals surface area contributed by atoms with Gasteiger partial charge in [-0.05, 0) is 31.4 Å². The summed E-state index contributed by atoms with van der Waals surface area (Å²) in [5.74, 6) is -1.00. The summed E-state index contributed by atoms with van der Waals surface area (Å²) in [5.41, 5.74) is 0.625. The van der Waals surface area contributed by atoms with Crippen LogP contribution in [0.4, 0.5) is 5.69 Å². The Labute approximate surface area is 197 Å². The van der Waals surface area contributed by atoms with Gasteiger partial charge in [0.15, 0.2) is 0 Å². The SMILES string of the molecule is O=C(O)CCCCCCCCCCCCCCC(=O)Nc1ccccc1OCCCC(=O)O. The predicted molar refractivity (Wildman–Crippen MR) is 130 cm³/mol. The lowest BCUT2D eigenvalue weighted by Crippen LogP contribution is -2.12. The zero-order valence-corrected chi connectivity index (χ0v) is 19.9. The third-order valence-corrected chi connectivity index (χ3v) is 5.50. The van der Waals surface area contributed by atoms with Crippen LogP contribution in [-0.2, 0) is 14.4 Å². The molecule has 1 rings (SSSR count). The summed E-state index contributed by atoms with van der Waals surface area (Å²) in [6.45, 7) is 0.298. The predicted octanol–water partition coefficient (Wildman–Crippen LogP) is 6.41. The fourth-order valence-corrected chi connectivity index (χ4v) is 3.64. The van der Waals surface area contributed by atoms with Crippen molar-refractivity contribution in [3.05, 3.63) is 24.3 Å². The van der Waals surface area contributed by atoms with Crippen LogP contribution in [-0.4, -0.2) is 34.7 Å². The first-order valence-corrected chi connectivity index (χ1v) is 12.4. The molecule has 33 heavy (non-hydrogen) atoms. The van der Waals surface area contributed by atoms with Crippen LogP contribution in [0.25, 0.3) is 0 Å². The number of nitrogens with one attached hydrogen (secondary N) is 1. The summed E-state index contributed by atoms with van der Waals surface area (Å²) >= 11 is 0. The zero-order valence-electron chi connectivity index (χ0n) is 19.9. The smallest absolute Gasteiger partial charge is 0.303 e. The van der Waals surface area contributed by atoms with Crippen LogP contribution in [0, 0.1) is 0 Å². The Morgan fingerprint density at radius 1 is 0.636 bits per heavy atom. The van der Waals surface area contributed by atoms with Crippen LogP contribution >= 0.6 is 0 Å². The molecule has 7 heteroatoms. The molecule has 1 amide bonds. The van der Waals surface area contributed by atoms with Gasteiger partial charge >= 0.3 is 11.9 Å². The second-order valence-electron chi connectivity index (χ2n) is 8.53. The number of carbonyl (C=O) groups is 3. The molecule has 0 unspecified atom stereocenters. The Bertz CT molecular complexity index is 691. The van der Waals surface area contributed by atoms with E-state index in [0.717, 1.165) is 38.5 Å². The quantitative estimate of drug-likeness (QED) is 0.181. The van der Waals surface area contributed by atoms with E-state index in [9.17, 15) is 14.4 Å². The Hall–Kier alpha value is -2.57. The van der Waals surface area contributed by atoms with E-state index in [0.29, 0.717) is 37.3 Å². The van der Waals surface area contributed by atoms with E-state index in [2.05, 4.69) is 5.32 Å². The van der Waals surface area contributed by atoms with E-state index in [-0.39, 0.29) is 12.3 Å². The number of carbonyl (C=O) groups excluding carboxylic acids is 1. The molecule has 0 bridgehead atoms. The molecule has 0 saturated carbocycles. The van der Waals surface area contributed by atoms with E-state index in [1.54, 1.807) is 12.1 Å². The van der Waals surface area contributed by atoms with Crippen molar-refractivity contribution in [3.63, 3.8) is 0 Å². The Balaban J connectivity index is 2.01. The number of hydrogen-bond acceptors (Lipinski definition) is 4. The van der Waals surface area contributed by atoms with Crippen molar-refractivity contribution in [2.45, 2.75) is 103 Å². The van der Waals surface area contributed by atoms with Gasteiger partial charge in [0, 0.05) is 19.3 Å². The highest BCUT2D eigenvalue weighted by molar-refractivity contribution is 5.92. The first-order valence-electron chi connectivity index (χ1n) is 12.4. The van der Waals surface area contributed by atoms with Crippen molar-refractivity contribution in [3.8, 4) is 5.75 Å². The summed E-state index contributed by atoms with van der Waals surface area (Å²) in [7, 11) is 0. The molecule has 186 valence electrons. The number of anilines is 1. The molecule has 0 aliphatic rings. The van der Waals surface area contributed by atoms with Crippen molar-refractivity contribution in [1.82, 2.24) is 0 Å². The minimum Gasteiger partial charge on any atom is -0.491 e. The molecule has 0 aliphatic carbocycles. The number of carboxylic acids is 2. The number of amides is 1. The zero-order chi connectivity index (χ0) is 24.2. The second kappa shape index (κ2) is 18.9. The second-order valence-corrected chi connectivity index (χ2v) is 8.53. The van der Waals surface area contributed by atoms with Gasteiger partial charge in [-0.1, -0.05) is 76.3 Å². The Morgan fingerprint density at radius 2 is 1.09 bits per heavy atom. The summed E-state index contributed by atoms with van der Waals surface area (Å²) in [6.07, 6.45) is 14.6. The van der Waals surface area contributed by atoms with Crippen LogP contribution in [0.2, 0.25) is 0 Å². The van der Waals surface area contributed by atoms with E-state index in [1.165, 1.54) is 38.5 Å². The molecule has 0 heterocycles. The summed E-state index contributed by atoms with van der Waals surface area (Å²) in [5, 5.41) is 20.2. The molecule has 0 aromatic heterocycles. The monoisotopic (exact) mass is 463 g/mol. The van der Waals surface area contributed by atoms with Crippen LogP contribution < -0.4 is 10.1 Å². The molecule has 0 spiro atoms. The van der Waals surface area contributed by atoms with E-state index in [4.69, 9.17) is 14.9 Å². The first kappa shape index (κ1) is 28.5. The Kier molecular flexibility index (Phi) is 16.3. The number of rotatable bonds is 21. The van der Waals surface area contributed by atoms with E-state index in [1.807, 2.05) is 12.1 Å². The third-order valence-electron chi connectivity index (χ3n) is 5.50. The van der Waals surface area contributed by atoms with Gasteiger partial charge in [0.1, 0.15) is 5.75 Å². The molecule has 1 aromatic carbocycles. The van der Waals surface area contributed by atoms with E-state index >= 15 is 0 Å². The third kappa shape index (κ3) is 16.7. The topological polar surface area (TPSA) is 113 Å². The summed E-state index contributed by atoms with van der Waals surface area (Å²) < 4.78 is 5.62. The highest BCUT2D eigenvalue weighted by Crippen LogP contribution is 2.24. The number of aliphatic carboxylic acids is 2. The van der Waals surface area contributed by atoms with E-state index < -0.39 is 11.9 Å². The van der Waals surface area contributed by atoms with Crippen molar-refractivity contribution in [1.29, 1.82) is 0 Å². The highest BCUT2D eigenvalue weighted by atomic mass is 16.5. The molecule has 0 saturated heterocycles. The van der Waals surface area contributed by atoms with Gasteiger partial charge in [-0.25, -0.2) is 0 Å². The maximum Gasteiger partial charge on any atom is 0.303 e. The van der Waals surface area contributed by atoms with Gasteiger partial charge < -0.3 is 20.3 Å². The maximum atomic E-state index is 12.2. The van der Waals surface area contributed by atoms with Gasteiger partial charge in [-0.2, -0.15) is 0 Å². The average molecular weight is 464 g/mol. The highest BCUT2D eigenvalue weighted by Gasteiger charge is 2.08. The molecule has 0 aliphatic heterocycles. The standard InChI is InChI=1S/C26H41NO6/c28-24(27-22-16-13-14-17-23(22)33-21-15-20-26(31)32)18-11-9-7-5-3-1-2-4-6-8-10-12-19-25(29)30/h13-14,16-17H,1-12,15,18-21H2,(H,27,28)(H,29,30)(H,31,32). The first-order chi connectivity index (χ1) is 16.0. The molecular formula is C26H41NO6. The fraction of sp³-hybridized carbons (Fsp3) is 0.654. The van der Waals surface area contributed by atoms with Crippen LogP contribution in [0.5, 0.6) is 5.75 Å². The number of carboxylic acid groups (broad SMARTS) is 2. The van der Waals surface area contributed by atoms with Crippen molar-refractivity contribution >= 4 is 23.5 Å². The molecule has 0 radical (unpaired) electrons. The maximum absolute atomic E-state index is 12.2. The lowest BCUT2D eigenvalue weighted by molar-refractivity contribution is -0.138. The minimum absolute atomic E-state index is 0.0278. The molecule has 0 fully saturated rings. The number of para-hydroxylation sites is 2. The van der Waals surface area contributed by atoms with Gasteiger partial charge in [-0.15, -0.1) is 0 Å². The molecule has 7 nitrogen and oxygen atoms in total. The van der Waals surface area contributed by atoms with Crippen molar-refractivity contribution in [2.24, 2.45) is 0 Å². The molecule has 0 atom stereocenters. The lowest BCUT2D eigenvalue weighted by atomic mass is 10.0. The minimum atomic E-state index is -0.845. The van der Waals surface area contributed by atoms with Crippen LogP contribution in [0.3, 0.4) is 0 Å². The lowest BCUT2D eigenvalue weighted by Gasteiger charge is -2.12. The van der Waals surface area contributed by atoms with Crippen molar-refractivity contribution in [2.75, 3.05) is 11.9 Å². The average Bonchev–Trinajstić information content (AvgIpc) is 2.77. The Morgan fingerprint density at radius 3 is 1.64 bits per heavy atom. The van der Waals surface area contributed by atoms with Crippen LogP contribution in [0.1, 0.15) is 103 Å². The summed E-state index contributed by atoms with van der Waals surface area (Å²) in [6, 6.07) is 7.22. The van der Waals surface area contributed by atoms with Gasteiger partial charge in [0.2, 0.25) is 5.91 Å². The van der Waals surface area contributed by atoms with Gasteiger partial charge in [-0.3, -0.25) is 14.4 Å². The largest absolute Gasteiger partial charge is 0.491 e. The van der Waals surface area contributed by atoms with Gasteiger partial charge in [0.25, 0.3) is 0 Å².